The number of nitrogens with zero attached hydrogens (tertiary/aromatic N) is 1. The van der Waals surface area contributed by atoms with Crippen LogP contribution in [0.15, 0.2) is 53.2 Å². The number of ether oxygens (including phenoxy) is 2. The average Bonchev–Trinajstić information content (AvgIpc) is 3.24. The van der Waals surface area contributed by atoms with Crippen molar-refractivity contribution in [2.45, 2.75) is 6.92 Å². The topological polar surface area (TPSA) is 73.6 Å². The molecule has 1 N–H and O–H groups in total. The van der Waals surface area contributed by atoms with Crippen LogP contribution in [0.4, 0.5) is 5.88 Å². The Morgan fingerprint density at radius 2 is 1.88 bits per heavy atom. The van der Waals surface area contributed by atoms with Gasteiger partial charge in [0.2, 0.25) is 12.7 Å². The third kappa shape index (κ3) is 2.58. The lowest BCUT2D eigenvalue weighted by Crippen LogP contribution is -2.11. The van der Waals surface area contributed by atoms with Gasteiger partial charge >= 0.3 is 0 Å². The second-order valence-corrected chi connectivity index (χ2v) is 5.46. The van der Waals surface area contributed by atoms with E-state index in [1.807, 2.05) is 31.2 Å². The number of anilines is 1. The molecule has 6 heteroatoms. The molecule has 0 bridgehead atoms. The summed E-state index contributed by atoms with van der Waals surface area (Å²) in [5, 5.41) is 6.54. The number of nitrogens with one attached hydrogen (secondary N) is 1. The first kappa shape index (κ1) is 14.3. The van der Waals surface area contributed by atoms with Gasteiger partial charge in [0.15, 0.2) is 11.5 Å². The fourth-order valence-corrected chi connectivity index (χ4v) is 2.48. The molecule has 0 saturated carbocycles. The van der Waals surface area contributed by atoms with Crippen LogP contribution in [-0.4, -0.2) is 17.9 Å². The van der Waals surface area contributed by atoms with Crippen molar-refractivity contribution < 1.29 is 18.8 Å². The number of benzene rings is 2. The largest absolute Gasteiger partial charge is 0.454 e. The highest BCUT2D eigenvalue weighted by atomic mass is 16.7. The molecule has 0 radical (unpaired) electrons. The summed E-state index contributed by atoms with van der Waals surface area (Å²) in [5.74, 6) is 1.19. The minimum absolute atomic E-state index is 0.167. The van der Waals surface area contributed by atoms with Gasteiger partial charge in [0.05, 0.1) is 11.8 Å². The van der Waals surface area contributed by atoms with Gasteiger partial charge in [-0.3, -0.25) is 10.1 Å². The zero-order valence-electron chi connectivity index (χ0n) is 12.9. The Morgan fingerprint density at radius 1 is 1.08 bits per heavy atom. The van der Waals surface area contributed by atoms with Crippen LogP contribution >= 0.6 is 0 Å². The molecule has 24 heavy (non-hydrogen) atoms. The van der Waals surface area contributed by atoms with Crippen molar-refractivity contribution >= 4 is 11.8 Å². The second-order valence-electron chi connectivity index (χ2n) is 5.46. The van der Waals surface area contributed by atoms with Gasteiger partial charge in [-0.2, -0.15) is 0 Å². The quantitative estimate of drug-likeness (QED) is 0.797. The van der Waals surface area contributed by atoms with E-state index in [9.17, 15) is 4.79 Å². The Kier molecular flexibility index (Phi) is 3.42. The van der Waals surface area contributed by atoms with Crippen LogP contribution in [0.25, 0.3) is 11.1 Å². The Bertz CT molecular complexity index is 900. The minimum Gasteiger partial charge on any atom is -0.454 e. The summed E-state index contributed by atoms with van der Waals surface area (Å²) in [6.45, 7) is 2.18. The van der Waals surface area contributed by atoms with Crippen LogP contribution in [0.1, 0.15) is 15.9 Å². The van der Waals surface area contributed by atoms with Crippen molar-refractivity contribution in [3.63, 3.8) is 0 Å². The van der Waals surface area contributed by atoms with Crippen molar-refractivity contribution in [3.05, 3.63) is 59.8 Å². The summed E-state index contributed by atoms with van der Waals surface area (Å²) in [7, 11) is 0. The molecule has 0 saturated heterocycles. The van der Waals surface area contributed by atoms with Gasteiger partial charge in [0.1, 0.15) is 0 Å². The maximum Gasteiger partial charge on any atom is 0.258 e. The fourth-order valence-electron chi connectivity index (χ4n) is 2.48. The smallest absolute Gasteiger partial charge is 0.258 e. The van der Waals surface area contributed by atoms with Gasteiger partial charge < -0.3 is 14.0 Å². The van der Waals surface area contributed by atoms with Crippen molar-refractivity contribution in [2.24, 2.45) is 0 Å². The maximum absolute atomic E-state index is 12.5. The molecule has 0 aliphatic carbocycles. The normalized spacial score (nSPS) is 12.2. The molecule has 3 aromatic rings. The maximum atomic E-state index is 12.5. The standard InChI is InChI=1S/C18H14N2O4/c1-11-2-4-12(5-3-11)14-9-19-24-18(14)20-17(21)13-6-7-15-16(8-13)23-10-22-15/h2-9H,10H2,1H3,(H,20,21). The van der Waals surface area contributed by atoms with Crippen molar-refractivity contribution in [2.75, 3.05) is 12.1 Å². The Labute approximate surface area is 138 Å². The van der Waals surface area contributed by atoms with Gasteiger partial charge in [-0.1, -0.05) is 35.0 Å². The summed E-state index contributed by atoms with van der Waals surface area (Å²) in [5.41, 5.74) is 3.25. The summed E-state index contributed by atoms with van der Waals surface area (Å²) in [6.07, 6.45) is 1.58. The molecule has 120 valence electrons. The van der Waals surface area contributed by atoms with Gasteiger partial charge in [-0.05, 0) is 30.7 Å². The van der Waals surface area contributed by atoms with E-state index in [-0.39, 0.29) is 12.7 Å². The molecule has 1 amide bonds. The van der Waals surface area contributed by atoms with Crippen LogP contribution in [-0.2, 0) is 0 Å². The third-order valence-electron chi connectivity index (χ3n) is 3.79. The lowest BCUT2D eigenvalue weighted by atomic mass is 10.1. The van der Waals surface area contributed by atoms with E-state index < -0.39 is 0 Å². The molecule has 0 fully saturated rings. The molecule has 2 heterocycles. The van der Waals surface area contributed by atoms with Crippen molar-refractivity contribution in [1.82, 2.24) is 5.16 Å². The highest BCUT2D eigenvalue weighted by Crippen LogP contribution is 2.33. The van der Waals surface area contributed by atoms with E-state index >= 15 is 0 Å². The zero-order valence-corrected chi connectivity index (χ0v) is 12.9. The number of carbonyl (C=O) groups is 1. The van der Waals surface area contributed by atoms with E-state index in [2.05, 4.69) is 10.5 Å². The fraction of sp³-hybridized carbons (Fsp3) is 0.111. The monoisotopic (exact) mass is 322 g/mol. The molecule has 1 aromatic heterocycles. The van der Waals surface area contributed by atoms with Gasteiger partial charge in [-0.15, -0.1) is 0 Å². The van der Waals surface area contributed by atoms with E-state index in [0.29, 0.717) is 22.9 Å². The van der Waals surface area contributed by atoms with E-state index in [0.717, 1.165) is 16.7 Å². The first-order valence-corrected chi connectivity index (χ1v) is 7.43. The number of aryl methyl sites for hydroxylation is 1. The van der Waals surface area contributed by atoms with Crippen LogP contribution < -0.4 is 14.8 Å². The van der Waals surface area contributed by atoms with Crippen molar-refractivity contribution in [1.29, 1.82) is 0 Å². The molecule has 0 unspecified atom stereocenters. The Balaban J connectivity index is 1.59. The highest BCUT2D eigenvalue weighted by Gasteiger charge is 2.18. The summed E-state index contributed by atoms with van der Waals surface area (Å²) >= 11 is 0. The van der Waals surface area contributed by atoms with Gasteiger partial charge in [0.25, 0.3) is 5.91 Å². The molecular weight excluding hydrogens is 308 g/mol. The van der Waals surface area contributed by atoms with Crippen molar-refractivity contribution in [3.8, 4) is 22.6 Å². The first-order chi connectivity index (χ1) is 11.7. The lowest BCUT2D eigenvalue weighted by molar-refractivity contribution is 0.102. The van der Waals surface area contributed by atoms with Gasteiger partial charge in [0, 0.05) is 5.56 Å². The number of fused-ring (bicyclic) bond motifs is 1. The van der Waals surface area contributed by atoms with Crippen LogP contribution in [0, 0.1) is 6.92 Å². The SMILES string of the molecule is Cc1ccc(-c2cnoc2NC(=O)c2ccc3c(c2)OCO3)cc1. The number of amides is 1. The average molecular weight is 322 g/mol. The number of hydrogen-bond acceptors (Lipinski definition) is 5. The second kappa shape index (κ2) is 5.73. The number of hydrogen-bond donors (Lipinski definition) is 1. The predicted molar refractivity (Wildman–Crippen MR) is 87.2 cm³/mol. The van der Waals surface area contributed by atoms with E-state index in [1.165, 1.54) is 0 Å². The third-order valence-corrected chi connectivity index (χ3v) is 3.79. The van der Waals surface area contributed by atoms with Crippen LogP contribution in [0.3, 0.4) is 0 Å². The van der Waals surface area contributed by atoms with Crippen LogP contribution in [0.5, 0.6) is 11.5 Å². The molecular formula is C18H14N2O4. The molecule has 1 aliphatic heterocycles. The summed E-state index contributed by atoms with van der Waals surface area (Å²) in [4.78, 5) is 12.5. The predicted octanol–water partition coefficient (Wildman–Crippen LogP) is 3.63. The van der Waals surface area contributed by atoms with E-state index in [1.54, 1.807) is 24.4 Å². The first-order valence-electron chi connectivity index (χ1n) is 7.43. The Morgan fingerprint density at radius 3 is 2.71 bits per heavy atom. The molecule has 0 atom stereocenters. The lowest BCUT2D eigenvalue weighted by Gasteiger charge is -2.05. The molecule has 0 spiro atoms. The molecule has 2 aromatic carbocycles. The molecule has 1 aliphatic rings. The Hall–Kier alpha value is -3.28. The summed E-state index contributed by atoms with van der Waals surface area (Å²) in [6, 6.07) is 12.9. The number of aromatic nitrogens is 1. The molecule has 6 nitrogen and oxygen atoms in total. The van der Waals surface area contributed by atoms with Crippen LogP contribution in [0.2, 0.25) is 0 Å². The van der Waals surface area contributed by atoms with E-state index in [4.69, 9.17) is 14.0 Å². The summed E-state index contributed by atoms with van der Waals surface area (Å²) < 4.78 is 15.7. The number of rotatable bonds is 3. The minimum atomic E-state index is -0.307. The van der Waals surface area contributed by atoms with Gasteiger partial charge in [-0.25, -0.2) is 0 Å². The zero-order chi connectivity index (χ0) is 16.5. The number of carbonyl (C=O) groups excluding carboxylic acids is 1. The molecule has 4 rings (SSSR count). The highest BCUT2D eigenvalue weighted by molar-refractivity contribution is 6.05.